The van der Waals surface area contributed by atoms with Crippen LogP contribution in [0, 0.1) is 5.82 Å². The SMILES string of the molecule is CN(C(=O)CN1CCCC1)c1ccc(N=C(c2ccccc2)c2c(O)[nH]c3cc(F)ccc23)cc1. The van der Waals surface area contributed by atoms with E-state index in [0.717, 1.165) is 37.2 Å². The van der Waals surface area contributed by atoms with E-state index < -0.39 is 0 Å². The molecule has 3 aromatic carbocycles. The Morgan fingerprint density at radius 3 is 2.49 bits per heavy atom. The van der Waals surface area contributed by atoms with Crippen LogP contribution in [0.2, 0.25) is 0 Å². The monoisotopic (exact) mass is 470 g/mol. The number of anilines is 1. The number of aromatic amines is 1. The number of benzene rings is 3. The molecule has 178 valence electrons. The van der Waals surface area contributed by atoms with Gasteiger partial charge in [-0.05, 0) is 68.4 Å². The van der Waals surface area contributed by atoms with Crippen LogP contribution in [-0.2, 0) is 4.79 Å². The summed E-state index contributed by atoms with van der Waals surface area (Å²) in [7, 11) is 1.79. The Morgan fingerprint density at radius 1 is 1.06 bits per heavy atom. The molecule has 1 saturated heterocycles. The molecular formula is C28H27FN4O2. The van der Waals surface area contributed by atoms with Crippen LogP contribution < -0.4 is 4.90 Å². The van der Waals surface area contributed by atoms with E-state index in [1.165, 1.54) is 12.1 Å². The van der Waals surface area contributed by atoms with E-state index in [1.807, 2.05) is 54.6 Å². The molecule has 1 fully saturated rings. The highest BCUT2D eigenvalue weighted by Crippen LogP contribution is 2.32. The first kappa shape index (κ1) is 22.8. The normalized spacial score (nSPS) is 14.5. The number of hydrogen-bond donors (Lipinski definition) is 2. The predicted molar refractivity (Wildman–Crippen MR) is 137 cm³/mol. The van der Waals surface area contributed by atoms with Crippen molar-refractivity contribution in [1.29, 1.82) is 0 Å². The number of H-pyrrole nitrogens is 1. The standard InChI is InChI=1S/C28H27FN4O2/c1-32(25(34)18-33-15-5-6-16-33)22-12-10-21(11-13-22)30-27(19-7-3-2-4-8-19)26-23-14-9-20(29)17-24(23)31-28(26)35/h2-4,7-14,17,31,35H,5-6,15-16,18H2,1H3. The third-order valence-corrected chi connectivity index (χ3v) is 6.43. The summed E-state index contributed by atoms with van der Waals surface area (Å²) >= 11 is 0. The second kappa shape index (κ2) is 9.72. The highest BCUT2D eigenvalue weighted by atomic mass is 19.1. The molecule has 0 aliphatic carbocycles. The van der Waals surface area contributed by atoms with E-state index in [-0.39, 0.29) is 17.6 Å². The number of likely N-dealkylation sites (N-methyl/N-ethyl adjacent to an activating group) is 1. The van der Waals surface area contributed by atoms with Gasteiger partial charge in [0.2, 0.25) is 5.91 Å². The lowest BCUT2D eigenvalue weighted by Gasteiger charge is -2.21. The Bertz CT molecular complexity index is 1370. The maximum Gasteiger partial charge on any atom is 0.240 e. The minimum atomic E-state index is -0.387. The molecule has 0 atom stereocenters. The molecule has 0 spiro atoms. The van der Waals surface area contributed by atoms with Crippen molar-refractivity contribution in [3.8, 4) is 5.88 Å². The molecule has 0 unspecified atom stereocenters. The van der Waals surface area contributed by atoms with Crippen LogP contribution in [0.25, 0.3) is 10.9 Å². The molecule has 0 radical (unpaired) electrons. The van der Waals surface area contributed by atoms with Crippen LogP contribution in [0.3, 0.4) is 0 Å². The number of carbonyl (C=O) groups excluding carboxylic acids is 1. The minimum Gasteiger partial charge on any atom is -0.494 e. The lowest BCUT2D eigenvalue weighted by atomic mass is 10.0. The predicted octanol–water partition coefficient (Wildman–Crippen LogP) is 5.24. The first-order valence-electron chi connectivity index (χ1n) is 11.7. The summed E-state index contributed by atoms with van der Waals surface area (Å²) in [5, 5.41) is 11.4. The number of nitrogens with one attached hydrogen (secondary N) is 1. The number of fused-ring (bicyclic) bond motifs is 1. The lowest BCUT2D eigenvalue weighted by Crippen LogP contribution is -2.37. The first-order valence-corrected chi connectivity index (χ1v) is 11.7. The fourth-order valence-corrected chi connectivity index (χ4v) is 4.52. The van der Waals surface area contributed by atoms with Crippen molar-refractivity contribution in [1.82, 2.24) is 9.88 Å². The third-order valence-electron chi connectivity index (χ3n) is 6.43. The Labute approximate surface area is 203 Å². The Kier molecular flexibility index (Phi) is 6.33. The largest absolute Gasteiger partial charge is 0.494 e. The van der Waals surface area contributed by atoms with Gasteiger partial charge in [0.1, 0.15) is 5.82 Å². The second-order valence-corrected chi connectivity index (χ2v) is 8.82. The average molecular weight is 471 g/mol. The summed E-state index contributed by atoms with van der Waals surface area (Å²) in [6.07, 6.45) is 2.29. The van der Waals surface area contributed by atoms with E-state index in [0.29, 0.717) is 34.4 Å². The number of nitrogens with zero attached hydrogens (tertiary/aromatic N) is 3. The molecule has 5 rings (SSSR count). The molecule has 2 N–H and O–H groups in total. The molecule has 35 heavy (non-hydrogen) atoms. The Hall–Kier alpha value is -3.97. The number of rotatable bonds is 6. The Balaban J connectivity index is 1.48. The highest BCUT2D eigenvalue weighted by Gasteiger charge is 2.20. The van der Waals surface area contributed by atoms with Crippen molar-refractivity contribution < 1.29 is 14.3 Å². The summed E-state index contributed by atoms with van der Waals surface area (Å²) in [5.74, 6) is -0.399. The zero-order chi connectivity index (χ0) is 24.4. The van der Waals surface area contributed by atoms with Crippen LogP contribution in [0.4, 0.5) is 15.8 Å². The van der Waals surface area contributed by atoms with Gasteiger partial charge in [0.25, 0.3) is 0 Å². The van der Waals surface area contributed by atoms with E-state index in [2.05, 4.69) is 9.88 Å². The second-order valence-electron chi connectivity index (χ2n) is 8.82. The van der Waals surface area contributed by atoms with Gasteiger partial charge in [-0.15, -0.1) is 0 Å². The molecule has 1 aliphatic rings. The van der Waals surface area contributed by atoms with Crippen LogP contribution in [0.15, 0.2) is 77.8 Å². The molecule has 1 amide bonds. The number of likely N-dealkylation sites (tertiary alicyclic amines) is 1. The van der Waals surface area contributed by atoms with Gasteiger partial charge in [0.15, 0.2) is 5.88 Å². The minimum absolute atomic E-state index is 0.0593. The summed E-state index contributed by atoms with van der Waals surface area (Å²) in [4.78, 5) is 24.3. The number of aromatic hydroxyl groups is 1. The first-order chi connectivity index (χ1) is 17.0. The lowest BCUT2D eigenvalue weighted by molar-refractivity contribution is -0.119. The maximum atomic E-state index is 13.8. The van der Waals surface area contributed by atoms with Crippen LogP contribution >= 0.6 is 0 Å². The smallest absolute Gasteiger partial charge is 0.240 e. The van der Waals surface area contributed by atoms with Gasteiger partial charge < -0.3 is 15.0 Å². The zero-order valence-corrected chi connectivity index (χ0v) is 19.5. The summed E-state index contributed by atoms with van der Waals surface area (Å²) in [5.41, 5.74) is 3.84. The van der Waals surface area contributed by atoms with Gasteiger partial charge >= 0.3 is 0 Å². The number of amides is 1. The van der Waals surface area contributed by atoms with Gasteiger partial charge in [-0.3, -0.25) is 9.69 Å². The van der Waals surface area contributed by atoms with Crippen LogP contribution in [0.5, 0.6) is 5.88 Å². The summed E-state index contributed by atoms with van der Waals surface area (Å²) < 4.78 is 13.8. The number of halogens is 1. The molecule has 6 nitrogen and oxygen atoms in total. The molecule has 0 saturated carbocycles. The number of aliphatic imine (C=N–C) groups is 1. The van der Waals surface area contributed by atoms with Gasteiger partial charge in [-0.25, -0.2) is 9.38 Å². The van der Waals surface area contributed by atoms with Gasteiger partial charge in [0.05, 0.1) is 29.0 Å². The zero-order valence-electron chi connectivity index (χ0n) is 19.5. The van der Waals surface area contributed by atoms with Crippen LogP contribution in [-0.4, -0.2) is 53.3 Å². The Morgan fingerprint density at radius 2 is 1.77 bits per heavy atom. The molecular weight excluding hydrogens is 443 g/mol. The van der Waals surface area contributed by atoms with Crippen molar-refractivity contribution in [3.63, 3.8) is 0 Å². The topological polar surface area (TPSA) is 71.9 Å². The molecule has 2 heterocycles. The molecule has 7 heteroatoms. The quantitative estimate of drug-likeness (QED) is 0.379. The number of carbonyl (C=O) groups is 1. The van der Waals surface area contributed by atoms with E-state index >= 15 is 0 Å². The van der Waals surface area contributed by atoms with Crippen molar-refractivity contribution in [2.45, 2.75) is 12.8 Å². The highest BCUT2D eigenvalue weighted by molar-refractivity contribution is 6.21. The van der Waals surface area contributed by atoms with E-state index in [1.54, 1.807) is 18.0 Å². The van der Waals surface area contributed by atoms with Crippen molar-refractivity contribution in [2.75, 3.05) is 31.6 Å². The third kappa shape index (κ3) is 4.81. The van der Waals surface area contributed by atoms with E-state index in [4.69, 9.17) is 4.99 Å². The summed E-state index contributed by atoms with van der Waals surface area (Å²) in [6, 6.07) is 21.3. The van der Waals surface area contributed by atoms with E-state index in [9.17, 15) is 14.3 Å². The molecule has 4 aromatic rings. The number of hydrogen-bond acceptors (Lipinski definition) is 4. The van der Waals surface area contributed by atoms with Gasteiger partial charge in [-0.2, -0.15) is 0 Å². The average Bonchev–Trinajstić information content (AvgIpc) is 3.49. The van der Waals surface area contributed by atoms with Crippen LogP contribution in [0.1, 0.15) is 24.0 Å². The van der Waals surface area contributed by atoms with Gasteiger partial charge in [0, 0.05) is 23.7 Å². The molecule has 0 bridgehead atoms. The van der Waals surface area contributed by atoms with Gasteiger partial charge in [-0.1, -0.05) is 30.3 Å². The summed E-state index contributed by atoms with van der Waals surface area (Å²) in [6.45, 7) is 2.38. The fourth-order valence-electron chi connectivity index (χ4n) is 4.52. The molecule has 1 aromatic heterocycles. The molecule has 1 aliphatic heterocycles. The maximum absolute atomic E-state index is 13.8. The van der Waals surface area contributed by atoms with Crippen molar-refractivity contribution in [2.24, 2.45) is 4.99 Å². The fraction of sp³-hybridized carbons (Fsp3) is 0.214. The van der Waals surface area contributed by atoms with Crippen molar-refractivity contribution in [3.05, 3.63) is 89.7 Å². The van der Waals surface area contributed by atoms with Crippen molar-refractivity contribution >= 4 is 33.9 Å². The number of aromatic nitrogens is 1.